The molecule has 1 aromatic heterocycles. The number of benzene rings is 1. The molecule has 3 rings (SSSR count). The van der Waals surface area contributed by atoms with Crippen LogP contribution in [0.2, 0.25) is 0 Å². The molecule has 9 heteroatoms. The van der Waals surface area contributed by atoms with Crippen molar-refractivity contribution < 1.29 is 14.1 Å². The minimum absolute atomic E-state index is 0.0503. The van der Waals surface area contributed by atoms with Crippen molar-refractivity contribution in [2.45, 2.75) is 49.5 Å². The van der Waals surface area contributed by atoms with Gasteiger partial charge in [-0.05, 0) is 45.1 Å². The van der Waals surface area contributed by atoms with E-state index in [1.165, 1.54) is 30.5 Å². The minimum atomic E-state index is -0.481. The number of nitrogens with zero attached hydrogens (tertiary/aromatic N) is 3. The number of nitro benzene ring substituents is 1. The number of non-ortho nitro benzene ring substituents is 1. The molecule has 1 atom stereocenters. The predicted molar refractivity (Wildman–Crippen MR) is 106 cm³/mol. The van der Waals surface area contributed by atoms with E-state index in [9.17, 15) is 14.9 Å². The topological polar surface area (TPSA) is 111 Å². The van der Waals surface area contributed by atoms with E-state index in [0.717, 1.165) is 31.0 Å². The maximum absolute atomic E-state index is 12.3. The number of hydrogen-bond acceptors (Lipinski definition) is 7. The number of thioether (sulfide) groups is 1. The molecule has 1 aliphatic rings. The van der Waals surface area contributed by atoms with Gasteiger partial charge in [-0.25, -0.2) is 0 Å². The van der Waals surface area contributed by atoms with Crippen LogP contribution in [-0.4, -0.2) is 32.8 Å². The first-order valence-electron chi connectivity index (χ1n) is 9.23. The van der Waals surface area contributed by atoms with Crippen molar-refractivity contribution in [1.82, 2.24) is 15.5 Å². The molecule has 8 nitrogen and oxygen atoms in total. The summed E-state index contributed by atoms with van der Waals surface area (Å²) in [4.78, 5) is 22.7. The van der Waals surface area contributed by atoms with Crippen LogP contribution in [0.4, 0.5) is 5.69 Å². The lowest BCUT2D eigenvalue weighted by molar-refractivity contribution is -0.384. The zero-order chi connectivity index (χ0) is 19.9. The van der Waals surface area contributed by atoms with Gasteiger partial charge in [0, 0.05) is 24.2 Å². The van der Waals surface area contributed by atoms with Crippen LogP contribution in [0.25, 0.3) is 11.5 Å². The summed E-state index contributed by atoms with van der Waals surface area (Å²) in [5, 5.41) is 21.5. The van der Waals surface area contributed by atoms with Crippen molar-refractivity contribution in [3.05, 3.63) is 46.0 Å². The monoisotopic (exact) mass is 402 g/mol. The Balaban J connectivity index is 1.52. The molecule has 0 radical (unpaired) electrons. The summed E-state index contributed by atoms with van der Waals surface area (Å²) in [6.07, 6.45) is 7.92. The summed E-state index contributed by atoms with van der Waals surface area (Å²) in [6.45, 7) is 2.40. The lowest BCUT2D eigenvalue weighted by Gasteiger charge is -2.14. The van der Waals surface area contributed by atoms with E-state index in [0.29, 0.717) is 12.1 Å². The Morgan fingerprint density at radius 1 is 1.39 bits per heavy atom. The van der Waals surface area contributed by atoms with E-state index in [1.807, 2.05) is 0 Å². The normalized spacial score (nSPS) is 15.0. The zero-order valence-corrected chi connectivity index (χ0v) is 16.4. The first-order chi connectivity index (χ1) is 13.5. The number of nitrogens with one attached hydrogen (secondary N) is 1. The molecule has 0 saturated carbocycles. The molecular weight excluding hydrogens is 380 g/mol. The lowest BCUT2D eigenvalue weighted by atomic mass is 9.97. The molecule has 148 valence electrons. The van der Waals surface area contributed by atoms with E-state index in [2.05, 4.69) is 21.6 Å². The standard InChI is InChI=1S/C19H22N4O4S/c1-13(17(24)20-11-10-14-6-3-2-4-7-14)28-19-22-21-18(27-19)15-8-5-9-16(12-15)23(25)26/h5-6,8-9,12-13H,2-4,7,10-11H2,1H3,(H,20,24)/t13-/m0/s1. The number of carbonyl (C=O) groups is 1. The van der Waals surface area contributed by atoms with Gasteiger partial charge < -0.3 is 9.73 Å². The molecular formula is C19H22N4O4S. The quantitative estimate of drug-likeness (QED) is 0.306. The summed E-state index contributed by atoms with van der Waals surface area (Å²) in [7, 11) is 0. The molecule has 0 spiro atoms. The Morgan fingerprint density at radius 2 is 2.25 bits per heavy atom. The average molecular weight is 402 g/mol. The van der Waals surface area contributed by atoms with Gasteiger partial charge in [0.05, 0.1) is 10.2 Å². The number of allylic oxidation sites excluding steroid dienone is 1. The van der Waals surface area contributed by atoms with Gasteiger partial charge in [0.25, 0.3) is 10.9 Å². The number of carbonyl (C=O) groups excluding carboxylic acids is 1. The molecule has 1 amide bonds. The Kier molecular flexibility index (Phi) is 6.80. The van der Waals surface area contributed by atoms with Crippen LogP contribution in [0.1, 0.15) is 39.0 Å². The number of aromatic nitrogens is 2. The third-order valence-corrected chi connectivity index (χ3v) is 5.42. The molecule has 0 saturated heterocycles. The highest BCUT2D eigenvalue weighted by molar-refractivity contribution is 8.00. The number of hydrogen-bond donors (Lipinski definition) is 1. The number of nitro groups is 1. The van der Waals surface area contributed by atoms with Crippen LogP contribution in [0.5, 0.6) is 0 Å². The largest absolute Gasteiger partial charge is 0.411 e. The Labute approximate surface area is 166 Å². The maximum atomic E-state index is 12.3. The second-order valence-corrected chi connectivity index (χ2v) is 7.88. The van der Waals surface area contributed by atoms with E-state index in [1.54, 1.807) is 19.1 Å². The molecule has 0 bridgehead atoms. The van der Waals surface area contributed by atoms with Crippen molar-refractivity contribution >= 4 is 23.4 Å². The molecule has 1 N–H and O–H groups in total. The summed E-state index contributed by atoms with van der Waals surface area (Å²) < 4.78 is 5.55. The van der Waals surface area contributed by atoms with Crippen LogP contribution >= 0.6 is 11.8 Å². The minimum Gasteiger partial charge on any atom is -0.411 e. The summed E-state index contributed by atoms with van der Waals surface area (Å²) in [6, 6.07) is 5.98. The smallest absolute Gasteiger partial charge is 0.277 e. The Morgan fingerprint density at radius 3 is 3.00 bits per heavy atom. The average Bonchev–Trinajstić information content (AvgIpc) is 3.17. The van der Waals surface area contributed by atoms with Crippen molar-refractivity contribution in [1.29, 1.82) is 0 Å². The molecule has 0 fully saturated rings. The second-order valence-electron chi connectivity index (χ2n) is 6.59. The van der Waals surface area contributed by atoms with Crippen LogP contribution in [-0.2, 0) is 4.79 Å². The van der Waals surface area contributed by atoms with E-state index < -0.39 is 10.2 Å². The first kappa shape index (κ1) is 20.1. The first-order valence-corrected chi connectivity index (χ1v) is 10.1. The number of rotatable bonds is 8. The van der Waals surface area contributed by atoms with E-state index in [4.69, 9.17) is 4.42 Å². The van der Waals surface area contributed by atoms with Crippen LogP contribution < -0.4 is 5.32 Å². The maximum Gasteiger partial charge on any atom is 0.277 e. The van der Waals surface area contributed by atoms with Crippen molar-refractivity contribution in [3.63, 3.8) is 0 Å². The van der Waals surface area contributed by atoms with Crippen LogP contribution in [0, 0.1) is 10.1 Å². The van der Waals surface area contributed by atoms with Crippen molar-refractivity contribution in [2.24, 2.45) is 0 Å². The van der Waals surface area contributed by atoms with Crippen molar-refractivity contribution in [2.75, 3.05) is 6.54 Å². The van der Waals surface area contributed by atoms with Crippen molar-refractivity contribution in [3.8, 4) is 11.5 Å². The zero-order valence-electron chi connectivity index (χ0n) is 15.6. The molecule has 28 heavy (non-hydrogen) atoms. The Hall–Kier alpha value is -2.68. The third-order valence-electron chi connectivity index (χ3n) is 4.49. The number of amides is 1. The molecule has 1 aliphatic carbocycles. The van der Waals surface area contributed by atoms with Gasteiger partial charge in [-0.2, -0.15) is 0 Å². The fraction of sp³-hybridized carbons (Fsp3) is 0.421. The van der Waals surface area contributed by atoms with Gasteiger partial charge in [0.2, 0.25) is 11.8 Å². The highest BCUT2D eigenvalue weighted by Crippen LogP contribution is 2.28. The van der Waals surface area contributed by atoms with Gasteiger partial charge in [-0.3, -0.25) is 14.9 Å². The van der Waals surface area contributed by atoms with Gasteiger partial charge in [0.1, 0.15) is 0 Å². The van der Waals surface area contributed by atoms with Crippen LogP contribution in [0.15, 0.2) is 45.6 Å². The highest BCUT2D eigenvalue weighted by Gasteiger charge is 2.19. The second kappa shape index (κ2) is 9.50. The van der Waals surface area contributed by atoms with Gasteiger partial charge in [-0.1, -0.05) is 29.5 Å². The van der Waals surface area contributed by atoms with Gasteiger partial charge in [0.15, 0.2) is 0 Å². The molecule has 1 heterocycles. The summed E-state index contributed by atoms with van der Waals surface area (Å²) in [5.41, 5.74) is 1.84. The molecule has 1 aromatic carbocycles. The SMILES string of the molecule is C[C@H](Sc1nnc(-c2cccc([N+](=O)[O-])c2)o1)C(=O)NCCC1=CCCCC1. The molecule has 2 aromatic rings. The third kappa shape index (κ3) is 5.41. The summed E-state index contributed by atoms with van der Waals surface area (Å²) in [5.74, 6) is 0.0968. The fourth-order valence-corrected chi connectivity index (χ4v) is 3.66. The van der Waals surface area contributed by atoms with E-state index in [-0.39, 0.29) is 22.7 Å². The van der Waals surface area contributed by atoms with Crippen LogP contribution in [0.3, 0.4) is 0 Å². The van der Waals surface area contributed by atoms with Gasteiger partial charge >= 0.3 is 0 Å². The molecule has 0 aliphatic heterocycles. The Bertz CT molecular complexity index is 880. The fourth-order valence-electron chi connectivity index (χ4n) is 2.95. The summed E-state index contributed by atoms with van der Waals surface area (Å²) >= 11 is 1.16. The predicted octanol–water partition coefficient (Wildman–Crippen LogP) is 4.13. The lowest BCUT2D eigenvalue weighted by Crippen LogP contribution is -2.31. The molecule has 0 unspecified atom stereocenters. The van der Waals surface area contributed by atoms with Gasteiger partial charge in [-0.15, -0.1) is 10.2 Å². The van der Waals surface area contributed by atoms with E-state index >= 15 is 0 Å². The highest BCUT2D eigenvalue weighted by atomic mass is 32.2.